The Morgan fingerprint density at radius 1 is 1.37 bits per heavy atom. The fourth-order valence-corrected chi connectivity index (χ4v) is 2.78. The van der Waals surface area contributed by atoms with Crippen LogP contribution in [0.2, 0.25) is 5.15 Å². The Balaban J connectivity index is 2.10. The van der Waals surface area contributed by atoms with Crippen LogP contribution in [0.4, 0.5) is 5.82 Å². The van der Waals surface area contributed by atoms with E-state index in [4.69, 9.17) is 11.6 Å². The van der Waals surface area contributed by atoms with Crippen molar-refractivity contribution in [2.45, 2.75) is 32.7 Å². The van der Waals surface area contributed by atoms with E-state index < -0.39 is 0 Å². The molecule has 19 heavy (non-hydrogen) atoms. The van der Waals surface area contributed by atoms with Crippen LogP contribution >= 0.6 is 11.6 Å². The molecule has 1 aromatic rings. The molecule has 3 unspecified atom stereocenters. The summed E-state index contributed by atoms with van der Waals surface area (Å²) in [5, 5.41) is 6.32. The van der Waals surface area contributed by atoms with Gasteiger partial charge in [0.2, 0.25) is 0 Å². The fraction of sp³-hybridized carbons (Fsp3) is 0.571. The second-order valence-electron chi connectivity index (χ2n) is 5.31. The molecule has 1 fully saturated rings. The molecule has 1 amide bonds. The van der Waals surface area contributed by atoms with Gasteiger partial charge in [-0.15, -0.1) is 0 Å². The first-order valence-electron chi connectivity index (χ1n) is 6.67. The van der Waals surface area contributed by atoms with Crippen molar-refractivity contribution in [2.24, 2.45) is 11.8 Å². The molecular weight excluding hydrogens is 262 g/mol. The number of carbonyl (C=O) groups is 1. The van der Waals surface area contributed by atoms with Gasteiger partial charge in [0, 0.05) is 18.7 Å². The van der Waals surface area contributed by atoms with E-state index in [0.29, 0.717) is 28.4 Å². The summed E-state index contributed by atoms with van der Waals surface area (Å²) in [4.78, 5) is 16.3. The van der Waals surface area contributed by atoms with Gasteiger partial charge in [0.05, 0.1) is 0 Å². The highest BCUT2D eigenvalue weighted by molar-refractivity contribution is 6.29. The van der Waals surface area contributed by atoms with Gasteiger partial charge in [-0.1, -0.05) is 25.4 Å². The third-order valence-electron chi connectivity index (χ3n) is 4.09. The van der Waals surface area contributed by atoms with Gasteiger partial charge in [-0.05, 0) is 36.8 Å². The van der Waals surface area contributed by atoms with E-state index in [1.807, 2.05) is 0 Å². The van der Waals surface area contributed by atoms with Crippen molar-refractivity contribution in [2.75, 3.05) is 12.4 Å². The van der Waals surface area contributed by atoms with Crippen molar-refractivity contribution < 1.29 is 4.79 Å². The first kappa shape index (κ1) is 14.1. The molecule has 5 heteroatoms. The van der Waals surface area contributed by atoms with Gasteiger partial charge in [0.1, 0.15) is 11.0 Å². The molecule has 4 nitrogen and oxygen atoms in total. The number of rotatable bonds is 3. The minimum Gasteiger partial charge on any atom is -0.373 e. The second kappa shape index (κ2) is 5.78. The molecule has 2 N–H and O–H groups in total. The lowest BCUT2D eigenvalue weighted by molar-refractivity contribution is 0.0927. The molecule has 0 aliphatic heterocycles. The number of nitrogens with one attached hydrogen (secondary N) is 2. The Morgan fingerprint density at radius 3 is 2.68 bits per heavy atom. The average Bonchev–Trinajstić information content (AvgIpc) is 2.70. The number of pyridine rings is 1. The van der Waals surface area contributed by atoms with Crippen LogP contribution < -0.4 is 10.6 Å². The highest BCUT2D eigenvalue weighted by atomic mass is 35.5. The predicted molar refractivity (Wildman–Crippen MR) is 77.6 cm³/mol. The maximum absolute atomic E-state index is 12.2. The van der Waals surface area contributed by atoms with E-state index in [0.717, 1.165) is 6.42 Å². The van der Waals surface area contributed by atoms with Crippen LogP contribution in [0.15, 0.2) is 12.1 Å². The van der Waals surface area contributed by atoms with Crippen LogP contribution in [0.25, 0.3) is 0 Å². The summed E-state index contributed by atoms with van der Waals surface area (Å²) < 4.78 is 0. The number of amides is 1. The van der Waals surface area contributed by atoms with Crippen molar-refractivity contribution in [1.29, 1.82) is 0 Å². The molecule has 0 radical (unpaired) electrons. The number of halogens is 1. The Kier molecular flexibility index (Phi) is 4.30. The first-order valence-corrected chi connectivity index (χ1v) is 7.05. The number of aromatic nitrogens is 1. The number of hydrogen-bond donors (Lipinski definition) is 2. The molecular formula is C14H20ClN3O. The summed E-state index contributed by atoms with van der Waals surface area (Å²) >= 11 is 5.91. The lowest BCUT2D eigenvalue weighted by atomic mass is 9.97. The van der Waals surface area contributed by atoms with Crippen LogP contribution in [0.1, 0.15) is 37.0 Å². The monoisotopic (exact) mass is 281 g/mol. The van der Waals surface area contributed by atoms with Gasteiger partial charge in [-0.25, -0.2) is 4.98 Å². The molecule has 104 valence electrons. The average molecular weight is 282 g/mol. The molecule has 1 saturated carbocycles. The van der Waals surface area contributed by atoms with Gasteiger partial charge >= 0.3 is 0 Å². The highest BCUT2D eigenvalue weighted by Gasteiger charge is 2.30. The predicted octanol–water partition coefficient (Wildman–Crippen LogP) is 2.94. The summed E-state index contributed by atoms with van der Waals surface area (Å²) in [5.41, 5.74) is 0.552. The summed E-state index contributed by atoms with van der Waals surface area (Å²) in [7, 11) is 1.75. The molecule has 2 rings (SSSR count). The number of nitrogens with zero attached hydrogens (tertiary/aromatic N) is 1. The van der Waals surface area contributed by atoms with Crippen molar-refractivity contribution in [1.82, 2.24) is 10.3 Å². The molecule has 0 bridgehead atoms. The molecule has 1 aromatic heterocycles. The maximum Gasteiger partial charge on any atom is 0.251 e. The summed E-state index contributed by atoms with van der Waals surface area (Å²) in [5.74, 6) is 1.71. The Labute approximate surface area is 118 Å². The standard InChI is InChI=1S/C14H20ClN3O/c1-8-4-5-11(9(8)2)17-14(19)10-6-12(15)18-13(7-10)16-3/h6-9,11H,4-5H2,1-3H3,(H,16,18)(H,17,19). The van der Waals surface area contributed by atoms with Crippen LogP contribution in [0.3, 0.4) is 0 Å². The van der Waals surface area contributed by atoms with Crippen LogP contribution in [0.5, 0.6) is 0 Å². The number of hydrogen-bond acceptors (Lipinski definition) is 3. The maximum atomic E-state index is 12.2. The molecule has 0 saturated heterocycles. The molecule has 1 aliphatic rings. The first-order chi connectivity index (χ1) is 9.01. The van der Waals surface area contributed by atoms with E-state index in [1.165, 1.54) is 6.42 Å². The third-order valence-corrected chi connectivity index (χ3v) is 4.29. The van der Waals surface area contributed by atoms with Gasteiger partial charge in [0.15, 0.2) is 0 Å². The molecule has 0 aromatic carbocycles. The van der Waals surface area contributed by atoms with Gasteiger partial charge in [0.25, 0.3) is 5.91 Å². The van der Waals surface area contributed by atoms with Gasteiger partial charge < -0.3 is 10.6 Å². The third kappa shape index (κ3) is 3.18. The lowest BCUT2D eigenvalue weighted by Gasteiger charge is -2.19. The zero-order valence-corrected chi connectivity index (χ0v) is 12.3. The van der Waals surface area contributed by atoms with E-state index in [1.54, 1.807) is 19.2 Å². The van der Waals surface area contributed by atoms with Crippen LogP contribution in [-0.2, 0) is 0 Å². The SMILES string of the molecule is CNc1cc(C(=O)NC2CCC(C)C2C)cc(Cl)n1. The normalized spacial score (nSPS) is 26.2. The van der Waals surface area contributed by atoms with Gasteiger partial charge in [-0.2, -0.15) is 0 Å². The van der Waals surface area contributed by atoms with E-state index >= 15 is 0 Å². The molecule has 1 aliphatic carbocycles. The summed E-state index contributed by atoms with van der Waals surface area (Å²) in [6.07, 6.45) is 2.22. The smallest absolute Gasteiger partial charge is 0.251 e. The van der Waals surface area contributed by atoms with Crippen molar-refractivity contribution in [3.8, 4) is 0 Å². The lowest BCUT2D eigenvalue weighted by Crippen LogP contribution is -2.37. The van der Waals surface area contributed by atoms with Crippen molar-refractivity contribution in [3.63, 3.8) is 0 Å². The summed E-state index contributed by atoms with van der Waals surface area (Å²) in [6, 6.07) is 3.57. The van der Waals surface area contributed by atoms with E-state index in [9.17, 15) is 4.79 Å². The van der Waals surface area contributed by atoms with E-state index in [2.05, 4.69) is 29.5 Å². The fourth-order valence-electron chi connectivity index (χ4n) is 2.58. The molecule has 1 heterocycles. The Hall–Kier alpha value is -1.29. The quantitative estimate of drug-likeness (QED) is 0.838. The van der Waals surface area contributed by atoms with Crippen LogP contribution in [0, 0.1) is 11.8 Å². The van der Waals surface area contributed by atoms with Crippen molar-refractivity contribution in [3.05, 3.63) is 22.8 Å². The minimum absolute atomic E-state index is 0.0771. The number of anilines is 1. The molecule has 0 spiro atoms. The minimum atomic E-state index is -0.0771. The molecule has 3 atom stereocenters. The largest absolute Gasteiger partial charge is 0.373 e. The Bertz CT molecular complexity index is 478. The highest BCUT2D eigenvalue weighted by Crippen LogP contribution is 2.31. The second-order valence-corrected chi connectivity index (χ2v) is 5.69. The van der Waals surface area contributed by atoms with Crippen molar-refractivity contribution >= 4 is 23.3 Å². The Morgan fingerprint density at radius 2 is 2.11 bits per heavy atom. The van der Waals surface area contributed by atoms with Gasteiger partial charge in [-0.3, -0.25) is 4.79 Å². The van der Waals surface area contributed by atoms with E-state index in [-0.39, 0.29) is 11.9 Å². The number of carbonyl (C=O) groups excluding carboxylic acids is 1. The zero-order valence-electron chi connectivity index (χ0n) is 11.5. The topological polar surface area (TPSA) is 54.0 Å². The summed E-state index contributed by atoms with van der Waals surface area (Å²) in [6.45, 7) is 4.43. The zero-order chi connectivity index (χ0) is 14.0. The van der Waals surface area contributed by atoms with Crippen LogP contribution in [-0.4, -0.2) is 24.0 Å².